The van der Waals surface area contributed by atoms with E-state index in [9.17, 15) is 14.4 Å². The SMILES string of the molecule is COc1ccc(N2C(=O)[C@@H]3[C@@H](C2=O)[C@@]2(C)C(=O)[C@@]3(C)C(c3ccccc3)=C2c2ccccc2)cc1. The molecule has 0 N–H and O–H groups in total. The standard InChI is InChI=1S/C30H25NO4/c1-29-22(18-10-6-4-7-11-18)23(19-12-8-5-9-13-19)30(2,28(29)34)25-24(29)26(32)31(27(25)33)20-14-16-21(35-3)17-15-20/h4-17,24-25H,1-3H3/t24-,25-,29-,30-/m0/s1. The van der Waals surface area contributed by atoms with Crippen LogP contribution in [0, 0.1) is 22.7 Å². The number of rotatable bonds is 4. The molecular weight excluding hydrogens is 438 g/mol. The van der Waals surface area contributed by atoms with Crippen LogP contribution in [-0.4, -0.2) is 24.7 Å². The highest BCUT2D eigenvalue weighted by Gasteiger charge is 2.78. The van der Waals surface area contributed by atoms with E-state index < -0.39 is 22.7 Å². The van der Waals surface area contributed by atoms with Crippen molar-refractivity contribution in [2.75, 3.05) is 12.0 Å². The molecule has 2 amide bonds. The number of carbonyl (C=O) groups is 3. The maximum Gasteiger partial charge on any atom is 0.239 e. The van der Waals surface area contributed by atoms with Gasteiger partial charge in [-0.1, -0.05) is 60.7 Å². The van der Waals surface area contributed by atoms with Gasteiger partial charge in [0.2, 0.25) is 11.8 Å². The molecule has 5 heteroatoms. The molecule has 6 rings (SSSR count). The molecule has 2 bridgehead atoms. The van der Waals surface area contributed by atoms with Gasteiger partial charge in [-0.25, -0.2) is 4.90 Å². The summed E-state index contributed by atoms with van der Waals surface area (Å²) in [4.78, 5) is 43.4. The van der Waals surface area contributed by atoms with Crippen molar-refractivity contribution < 1.29 is 19.1 Å². The van der Waals surface area contributed by atoms with Crippen molar-refractivity contribution in [3.63, 3.8) is 0 Å². The van der Waals surface area contributed by atoms with Crippen LogP contribution in [0.4, 0.5) is 5.69 Å². The summed E-state index contributed by atoms with van der Waals surface area (Å²) in [6.45, 7) is 3.72. The number of carbonyl (C=O) groups excluding carboxylic acids is 3. The number of amides is 2. The summed E-state index contributed by atoms with van der Waals surface area (Å²) >= 11 is 0. The normalized spacial score (nSPS) is 29.2. The molecule has 1 saturated heterocycles. The number of anilines is 1. The second kappa shape index (κ2) is 7.25. The average molecular weight is 464 g/mol. The zero-order chi connectivity index (χ0) is 24.5. The first-order valence-corrected chi connectivity index (χ1v) is 11.8. The highest BCUT2D eigenvalue weighted by atomic mass is 16.5. The van der Waals surface area contributed by atoms with Gasteiger partial charge in [-0.2, -0.15) is 0 Å². The molecule has 0 radical (unpaired) electrons. The van der Waals surface area contributed by atoms with E-state index in [2.05, 4.69) is 0 Å². The van der Waals surface area contributed by atoms with Crippen molar-refractivity contribution in [3.8, 4) is 5.75 Å². The summed E-state index contributed by atoms with van der Waals surface area (Å²) in [5.41, 5.74) is 1.81. The van der Waals surface area contributed by atoms with Crippen LogP contribution in [0.25, 0.3) is 11.1 Å². The van der Waals surface area contributed by atoms with Gasteiger partial charge in [-0.15, -0.1) is 0 Å². The number of allylic oxidation sites excluding steroid dienone is 2. The number of hydrogen-bond acceptors (Lipinski definition) is 4. The van der Waals surface area contributed by atoms with E-state index in [4.69, 9.17) is 4.74 Å². The molecule has 174 valence electrons. The number of methoxy groups -OCH3 is 1. The van der Waals surface area contributed by atoms with Crippen molar-refractivity contribution >= 4 is 34.4 Å². The Morgan fingerprint density at radius 3 is 1.49 bits per heavy atom. The number of imide groups is 1. The molecule has 2 fully saturated rings. The summed E-state index contributed by atoms with van der Waals surface area (Å²) in [7, 11) is 1.57. The Bertz CT molecular complexity index is 1330. The van der Waals surface area contributed by atoms with E-state index in [-0.39, 0.29) is 17.6 Å². The zero-order valence-electron chi connectivity index (χ0n) is 19.8. The van der Waals surface area contributed by atoms with Crippen molar-refractivity contribution in [2.24, 2.45) is 22.7 Å². The molecule has 5 nitrogen and oxygen atoms in total. The van der Waals surface area contributed by atoms with Gasteiger partial charge < -0.3 is 4.74 Å². The van der Waals surface area contributed by atoms with Crippen LogP contribution in [-0.2, 0) is 14.4 Å². The van der Waals surface area contributed by atoms with Gasteiger partial charge in [0, 0.05) is 0 Å². The molecule has 2 aliphatic carbocycles. The Kier molecular flexibility index (Phi) is 4.46. The molecule has 35 heavy (non-hydrogen) atoms. The fourth-order valence-corrected chi connectivity index (χ4v) is 6.80. The van der Waals surface area contributed by atoms with Crippen LogP contribution in [0.15, 0.2) is 84.9 Å². The number of ketones is 1. The quantitative estimate of drug-likeness (QED) is 0.510. The zero-order valence-corrected chi connectivity index (χ0v) is 19.8. The van der Waals surface area contributed by atoms with Crippen LogP contribution >= 0.6 is 0 Å². The Labute approximate surface area is 204 Å². The van der Waals surface area contributed by atoms with E-state index in [1.54, 1.807) is 31.4 Å². The monoisotopic (exact) mass is 463 g/mol. The van der Waals surface area contributed by atoms with Gasteiger partial charge in [0.15, 0.2) is 5.78 Å². The van der Waals surface area contributed by atoms with Crippen molar-refractivity contribution in [1.82, 2.24) is 0 Å². The molecule has 0 aromatic heterocycles. The molecule has 1 saturated carbocycles. The maximum atomic E-state index is 14.2. The van der Waals surface area contributed by atoms with Gasteiger partial charge in [0.1, 0.15) is 5.75 Å². The first-order valence-electron chi connectivity index (χ1n) is 11.8. The maximum absolute atomic E-state index is 14.2. The molecule has 3 aliphatic rings. The predicted octanol–water partition coefficient (Wildman–Crippen LogP) is 5.02. The largest absolute Gasteiger partial charge is 0.497 e. The first kappa shape index (κ1) is 21.5. The third-order valence-corrected chi connectivity index (χ3v) is 8.24. The van der Waals surface area contributed by atoms with Crippen LogP contribution in [0.3, 0.4) is 0 Å². The Hall–Kier alpha value is -3.99. The number of Topliss-reactive ketones (excluding diaryl/α,β-unsaturated/α-hetero) is 1. The van der Waals surface area contributed by atoms with E-state index in [0.717, 1.165) is 22.3 Å². The molecular formula is C30H25NO4. The number of hydrogen-bond donors (Lipinski definition) is 0. The van der Waals surface area contributed by atoms with E-state index in [1.165, 1.54) is 4.90 Å². The van der Waals surface area contributed by atoms with Crippen molar-refractivity contribution in [1.29, 1.82) is 0 Å². The lowest BCUT2D eigenvalue weighted by Gasteiger charge is -2.35. The summed E-state index contributed by atoms with van der Waals surface area (Å²) in [5.74, 6) is -1.54. The van der Waals surface area contributed by atoms with Gasteiger partial charge in [-0.05, 0) is 60.4 Å². The van der Waals surface area contributed by atoms with Gasteiger partial charge in [0.05, 0.1) is 35.5 Å². The lowest BCUT2D eigenvalue weighted by molar-refractivity contribution is -0.133. The minimum absolute atomic E-state index is 0.0474. The van der Waals surface area contributed by atoms with Crippen LogP contribution in [0.1, 0.15) is 25.0 Å². The minimum Gasteiger partial charge on any atom is -0.497 e. The topological polar surface area (TPSA) is 63.7 Å². The summed E-state index contributed by atoms with van der Waals surface area (Å²) in [5, 5.41) is 0. The fraction of sp³-hybridized carbons (Fsp3) is 0.233. The van der Waals surface area contributed by atoms with Crippen molar-refractivity contribution in [3.05, 3.63) is 96.1 Å². The number of fused-ring (bicyclic) bond motifs is 5. The lowest BCUT2D eigenvalue weighted by Crippen LogP contribution is -2.40. The minimum atomic E-state index is -1.11. The molecule has 3 aromatic rings. The first-order chi connectivity index (χ1) is 16.8. The van der Waals surface area contributed by atoms with Crippen LogP contribution < -0.4 is 9.64 Å². The summed E-state index contributed by atoms with van der Waals surface area (Å²) in [6.07, 6.45) is 0. The van der Waals surface area contributed by atoms with Crippen LogP contribution in [0.5, 0.6) is 5.75 Å². The van der Waals surface area contributed by atoms with E-state index in [0.29, 0.717) is 11.4 Å². The van der Waals surface area contributed by atoms with Crippen molar-refractivity contribution in [2.45, 2.75) is 13.8 Å². The molecule has 3 aromatic carbocycles. The van der Waals surface area contributed by atoms with E-state index in [1.807, 2.05) is 74.5 Å². The third kappa shape index (κ3) is 2.55. The number of nitrogens with zero attached hydrogens (tertiary/aromatic N) is 1. The van der Waals surface area contributed by atoms with Gasteiger partial charge in [0.25, 0.3) is 0 Å². The second-order valence-corrected chi connectivity index (χ2v) is 9.88. The predicted molar refractivity (Wildman–Crippen MR) is 133 cm³/mol. The molecule has 0 spiro atoms. The lowest BCUT2D eigenvalue weighted by atomic mass is 9.63. The Morgan fingerprint density at radius 1 is 0.657 bits per heavy atom. The highest BCUT2D eigenvalue weighted by molar-refractivity contribution is 6.34. The number of ether oxygens (including phenoxy) is 1. The molecule has 1 aliphatic heterocycles. The number of benzene rings is 3. The Morgan fingerprint density at radius 2 is 1.09 bits per heavy atom. The Balaban J connectivity index is 1.59. The van der Waals surface area contributed by atoms with Gasteiger partial charge in [-0.3, -0.25) is 14.4 Å². The summed E-state index contributed by atoms with van der Waals surface area (Å²) < 4.78 is 5.24. The van der Waals surface area contributed by atoms with E-state index >= 15 is 0 Å². The fourth-order valence-electron chi connectivity index (χ4n) is 6.80. The van der Waals surface area contributed by atoms with Crippen LogP contribution in [0.2, 0.25) is 0 Å². The highest BCUT2D eigenvalue weighted by Crippen LogP contribution is 2.73. The molecule has 4 atom stereocenters. The average Bonchev–Trinajstić information content (AvgIpc) is 3.34. The third-order valence-electron chi connectivity index (χ3n) is 8.24. The van der Waals surface area contributed by atoms with Gasteiger partial charge >= 0.3 is 0 Å². The summed E-state index contributed by atoms with van der Waals surface area (Å²) in [6, 6.07) is 26.5. The molecule has 0 unspecified atom stereocenters. The second-order valence-electron chi connectivity index (χ2n) is 9.88. The smallest absolute Gasteiger partial charge is 0.239 e. The molecule has 1 heterocycles.